The van der Waals surface area contributed by atoms with Gasteiger partial charge in [0.2, 0.25) is 10.0 Å². The predicted molar refractivity (Wildman–Crippen MR) is 72.2 cm³/mol. The van der Waals surface area contributed by atoms with Gasteiger partial charge in [0.25, 0.3) is 0 Å². The largest absolute Gasteiger partial charge is 0.354 e. The van der Waals surface area contributed by atoms with E-state index in [2.05, 4.69) is 11.1 Å². The van der Waals surface area contributed by atoms with Crippen molar-refractivity contribution in [2.75, 3.05) is 31.3 Å². The summed E-state index contributed by atoms with van der Waals surface area (Å²) in [4.78, 5) is 6.19. The number of rotatable bonds is 3. The molecule has 19 heavy (non-hydrogen) atoms. The summed E-state index contributed by atoms with van der Waals surface area (Å²) in [5.41, 5.74) is 0.519. The predicted octanol–water partition coefficient (Wildman–Crippen LogP) is 0.423. The fraction of sp³-hybridized carbons (Fsp3) is 0.500. The molecule has 0 N–H and O–H groups in total. The first kappa shape index (κ1) is 13.8. The Labute approximate surface area is 113 Å². The molecule has 0 bridgehead atoms. The van der Waals surface area contributed by atoms with Crippen molar-refractivity contribution in [1.82, 2.24) is 9.29 Å². The van der Waals surface area contributed by atoms with Crippen LogP contribution in [0.5, 0.6) is 0 Å². The van der Waals surface area contributed by atoms with Gasteiger partial charge in [0.05, 0.1) is 11.8 Å². The standard InChI is InChI=1S/C12H16N4O2S/c1-15(19(2,17)18)11-5-7-16(9-11)12-10(8-13)4-3-6-14-12/h3-4,6,11H,5,7,9H2,1-2H3. The van der Waals surface area contributed by atoms with Gasteiger partial charge in [-0.25, -0.2) is 17.7 Å². The summed E-state index contributed by atoms with van der Waals surface area (Å²) in [7, 11) is -1.60. The Morgan fingerprint density at radius 3 is 2.95 bits per heavy atom. The van der Waals surface area contributed by atoms with Crippen LogP contribution in [-0.4, -0.2) is 50.1 Å². The third-order valence-corrected chi connectivity index (χ3v) is 4.75. The van der Waals surface area contributed by atoms with Gasteiger partial charge in [-0.1, -0.05) is 0 Å². The number of anilines is 1. The summed E-state index contributed by atoms with van der Waals surface area (Å²) in [5, 5.41) is 9.06. The minimum absolute atomic E-state index is 0.0662. The van der Waals surface area contributed by atoms with E-state index >= 15 is 0 Å². The monoisotopic (exact) mass is 280 g/mol. The summed E-state index contributed by atoms with van der Waals surface area (Å²) in [6.45, 7) is 1.27. The molecule has 2 rings (SSSR count). The van der Waals surface area contributed by atoms with Gasteiger partial charge in [0, 0.05) is 32.4 Å². The topological polar surface area (TPSA) is 77.3 Å². The number of likely N-dealkylation sites (N-methyl/N-ethyl adjacent to an activating group) is 1. The van der Waals surface area contributed by atoms with Crippen molar-refractivity contribution < 1.29 is 8.42 Å². The zero-order valence-electron chi connectivity index (χ0n) is 10.9. The van der Waals surface area contributed by atoms with Crippen molar-refractivity contribution in [3.05, 3.63) is 23.9 Å². The fourth-order valence-electron chi connectivity index (χ4n) is 2.24. The summed E-state index contributed by atoms with van der Waals surface area (Å²) in [5.74, 6) is 0.634. The first-order valence-corrected chi connectivity index (χ1v) is 7.81. The smallest absolute Gasteiger partial charge is 0.211 e. The second-order valence-corrected chi connectivity index (χ2v) is 6.70. The maximum absolute atomic E-state index is 11.5. The van der Waals surface area contributed by atoms with Crippen molar-refractivity contribution in [1.29, 1.82) is 5.26 Å². The first-order valence-electron chi connectivity index (χ1n) is 5.96. The first-order chi connectivity index (χ1) is 8.93. The van der Waals surface area contributed by atoms with Gasteiger partial charge >= 0.3 is 0 Å². The summed E-state index contributed by atoms with van der Waals surface area (Å²) in [6, 6.07) is 5.48. The second kappa shape index (κ2) is 5.15. The number of aromatic nitrogens is 1. The van der Waals surface area contributed by atoms with Crippen LogP contribution < -0.4 is 4.90 Å². The minimum Gasteiger partial charge on any atom is -0.354 e. The SMILES string of the molecule is CN(C1CCN(c2ncccc2C#N)C1)S(C)(=O)=O. The van der Waals surface area contributed by atoms with E-state index in [1.165, 1.54) is 10.6 Å². The van der Waals surface area contributed by atoms with Gasteiger partial charge in [-0.15, -0.1) is 0 Å². The number of hydrogen-bond acceptors (Lipinski definition) is 5. The molecular weight excluding hydrogens is 264 g/mol. The van der Waals surface area contributed by atoms with E-state index in [0.29, 0.717) is 24.5 Å². The molecule has 1 aromatic rings. The molecular formula is C12H16N4O2S. The molecule has 6 nitrogen and oxygen atoms in total. The molecule has 0 spiro atoms. The molecule has 1 aromatic heterocycles. The molecule has 1 fully saturated rings. The highest BCUT2D eigenvalue weighted by molar-refractivity contribution is 7.88. The average Bonchev–Trinajstić information content (AvgIpc) is 2.86. The molecule has 0 amide bonds. The Bertz CT molecular complexity index is 608. The van der Waals surface area contributed by atoms with Crippen molar-refractivity contribution in [2.45, 2.75) is 12.5 Å². The van der Waals surface area contributed by atoms with Gasteiger partial charge in [-0.05, 0) is 18.6 Å². The number of pyridine rings is 1. The molecule has 0 aromatic carbocycles. The van der Waals surface area contributed by atoms with E-state index in [-0.39, 0.29) is 6.04 Å². The zero-order valence-corrected chi connectivity index (χ0v) is 11.8. The lowest BCUT2D eigenvalue weighted by Crippen LogP contribution is -2.38. The molecule has 102 valence electrons. The Morgan fingerprint density at radius 1 is 1.58 bits per heavy atom. The molecule has 1 aliphatic rings. The van der Waals surface area contributed by atoms with Crippen LogP contribution in [0.3, 0.4) is 0 Å². The zero-order chi connectivity index (χ0) is 14.0. The third-order valence-electron chi connectivity index (χ3n) is 3.41. The lowest BCUT2D eigenvalue weighted by molar-refractivity contribution is 0.393. The highest BCUT2D eigenvalue weighted by Crippen LogP contribution is 2.24. The van der Waals surface area contributed by atoms with E-state index in [0.717, 1.165) is 6.42 Å². The van der Waals surface area contributed by atoms with E-state index in [4.69, 9.17) is 5.26 Å². The molecule has 0 radical (unpaired) electrons. The van der Waals surface area contributed by atoms with E-state index < -0.39 is 10.0 Å². The maximum Gasteiger partial charge on any atom is 0.211 e. The summed E-state index contributed by atoms with van der Waals surface area (Å²) >= 11 is 0. The van der Waals surface area contributed by atoms with Gasteiger partial charge in [-0.3, -0.25) is 0 Å². The van der Waals surface area contributed by atoms with Crippen molar-refractivity contribution in [3.8, 4) is 6.07 Å². The van der Waals surface area contributed by atoms with Crippen LogP contribution in [0, 0.1) is 11.3 Å². The van der Waals surface area contributed by atoms with Gasteiger partial charge < -0.3 is 4.90 Å². The third kappa shape index (κ3) is 2.85. The second-order valence-electron chi connectivity index (χ2n) is 4.65. The van der Waals surface area contributed by atoms with Crippen LogP contribution >= 0.6 is 0 Å². The average molecular weight is 280 g/mol. The van der Waals surface area contributed by atoms with Gasteiger partial charge in [0.15, 0.2) is 0 Å². The number of nitriles is 1. The van der Waals surface area contributed by atoms with Crippen molar-refractivity contribution >= 4 is 15.8 Å². The van der Waals surface area contributed by atoms with Crippen molar-refractivity contribution in [3.63, 3.8) is 0 Å². The fourth-order valence-corrected chi connectivity index (χ4v) is 2.95. The van der Waals surface area contributed by atoms with E-state index in [1.54, 1.807) is 25.4 Å². The molecule has 1 unspecified atom stereocenters. The highest BCUT2D eigenvalue weighted by atomic mass is 32.2. The van der Waals surface area contributed by atoms with Crippen LogP contribution in [0.2, 0.25) is 0 Å². The summed E-state index contributed by atoms with van der Waals surface area (Å²) < 4.78 is 24.4. The maximum atomic E-state index is 11.5. The van der Waals surface area contributed by atoms with Crippen LogP contribution in [-0.2, 0) is 10.0 Å². The molecule has 0 aliphatic carbocycles. The van der Waals surface area contributed by atoms with Gasteiger partial charge in [0.1, 0.15) is 11.9 Å². The Morgan fingerprint density at radius 2 is 2.32 bits per heavy atom. The Hall–Kier alpha value is -1.65. The van der Waals surface area contributed by atoms with Crippen LogP contribution in [0.1, 0.15) is 12.0 Å². The minimum atomic E-state index is -3.19. The molecule has 1 saturated heterocycles. The van der Waals surface area contributed by atoms with Crippen LogP contribution in [0.15, 0.2) is 18.3 Å². The van der Waals surface area contributed by atoms with Crippen molar-refractivity contribution in [2.24, 2.45) is 0 Å². The molecule has 2 heterocycles. The quantitative estimate of drug-likeness (QED) is 0.802. The molecule has 0 saturated carbocycles. The number of nitrogens with zero attached hydrogens (tertiary/aromatic N) is 4. The van der Waals surface area contributed by atoms with E-state index in [1.807, 2.05) is 4.90 Å². The van der Waals surface area contributed by atoms with Gasteiger partial charge in [-0.2, -0.15) is 5.26 Å². The van der Waals surface area contributed by atoms with Crippen LogP contribution in [0.4, 0.5) is 5.82 Å². The van der Waals surface area contributed by atoms with E-state index in [9.17, 15) is 8.42 Å². The lowest BCUT2D eigenvalue weighted by atomic mass is 10.2. The Kier molecular flexibility index (Phi) is 3.73. The van der Waals surface area contributed by atoms with Crippen LogP contribution in [0.25, 0.3) is 0 Å². The molecule has 1 atom stereocenters. The molecule has 7 heteroatoms. The highest BCUT2D eigenvalue weighted by Gasteiger charge is 2.31. The molecule has 1 aliphatic heterocycles. The number of sulfonamides is 1. The normalized spacial score (nSPS) is 19.7. The Balaban J connectivity index is 2.17. The summed E-state index contributed by atoms with van der Waals surface area (Å²) in [6.07, 6.45) is 3.59. The lowest BCUT2D eigenvalue weighted by Gasteiger charge is -2.23. The number of hydrogen-bond donors (Lipinski definition) is 0.